The summed E-state index contributed by atoms with van der Waals surface area (Å²) in [6.07, 6.45) is -5.43. The van der Waals surface area contributed by atoms with Crippen molar-refractivity contribution >= 4 is 12.6 Å². The van der Waals surface area contributed by atoms with Gasteiger partial charge in [0.25, 0.3) is 0 Å². The van der Waals surface area contributed by atoms with E-state index in [4.69, 9.17) is 14.8 Å². The van der Waals surface area contributed by atoms with Crippen LogP contribution in [0.4, 0.5) is 17.6 Å². The molecule has 0 bridgehead atoms. The highest BCUT2D eigenvalue weighted by Crippen LogP contribution is 2.21. The molecule has 0 unspecified atom stereocenters. The molecule has 0 aliphatic rings. The molecule has 0 saturated carbocycles. The van der Waals surface area contributed by atoms with Gasteiger partial charge in [0, 0.05) is 17.9 Å². The maximum Gasteiger partial charge on any atom is 0.491 e. The topological polar surface area (TPSA) is 49.7 Å². The number of benzene rings is 1. The number of rotatable bonds is 5. The Bertz CT molecular complexity index is 395. The van der Waals surface area contributed by atoms with Gasteiger partial charge < -0.3 is 14.8 Å². The minimum atomic E-state index is -4.24. The molecule has 0 aliphatic heterocycles. The molecule has 100 valence electrons. The highest BCUT2D eigenvalue weighted by Gasteiger charge is 2.26. The van der Waals surface area contributed by atoms with Gasteiger partial charge in [-0.3, -0.25) is 0 Å². The van der Waals surface area contributed by atoms with E-state index in [-0.39, 0.29) is 24.2 Å². The molecule has 0 aliphatic carbocycles. The zero-order valence-electron chi connectivity index (χ0n) is 9.25. The number of hydrogen-bond acceptors (Lipinski definition) is 3. The van der Waals surface area contributed by atoms with Crippen molar-refractivity contribution in [1.29, 1.82) is 0 Å². The Morgan fingerprint density at radius 3 is 2.39 bits per heavy atom. The molecule has 0 aromatic heterocycles. The van der Waals surface area contributed by atoms with Crippen LogP contribution in [0.2, 0.25) is 0 Å². The summed E-state index contributed by atoms with van der Waals surface area (Å²) in [6, 6.07) is 3.24. The summed E-state index contributed by atoms with van der Waals surface area (Å²) < 4.78 is 53.6. The van der Waals surface area contributed by atoms with E-state index in [1.807, 2.05) is 0 Å². The largest absolute Gasteiger partial charge is 0.493 e. The molecule has 0 fully saturated rings. The Hall–Kier alpha value is -1.28. The maximum absolute atomic E-state index is 13.2. The van der Waals surface area contributed by atoms with Crippen LogP contribution in [-0.4, -0.2) is 29.9 Å². The minimum Gasteiger partial charge on any atom is -0.493 e. The van der Waals surface area contributed by atoms with Gasteiger partial charge in [0.1, 0.15) is 11.6 Å². The van der Waals surface area contributed by atoms with E-state index in [2.05, 4.69) is 0 Å². The van der Waals surface area contributed by atoms with E-state index >= 15 is 0 Å². The van der Waals surface area contributed by atoms with E-state index in [0.29, 0.717) is 0 Å². The van der Waals surface area contributed by atoms with Crippen LogP contribution in [0, 0.1) is 5.82 Å². The monoisotopic (exact) mass is 266 g/mol. The van der Waals surface area contributed by atoms with Crippen molar-refractivity contribution in [3.63, 3.8) is 0 Å². The van der Waals surface area contributed by atoms with E-state index in [1.54, 1.807) is 0 Å². The summed E-state index contributed by atoms with van der Waals surface area (Å²) in [5, 5.41) is 17.5. The van der Waals surface area contributed by atoms with Crippen LogP contribution in [-0.2, 0) is 0 Å². The molecule has 0 heterocycles. The predicted molar refractivity (Wildman–Crippen MR) is 57.0 cm³/mol. The molecule has 0 radical (unpaired) electrons. The van der Waals surface area contributed by atoms with Gasteiger partial charge in [0.15, 0.2) is 0 Å². The first-order chi connectivity index (χ1) is 8.29. The highest BCUT2D eigenvalue weighted by molar-refractivity contribution is 6.58. The molecule has 8 heteroatoms. The van der Waals surface area contributed by atoms with Crippen molar-refractivity contribution < 1.29 is 32.3 Å². The second kappa shape index (κ2) is 6.06. The molecule has 0 saturated heterocycles. The lowest BCUT2D eigenvalue weighted by Crippen LogP contribution is -2.32. The van der Waals surface area contributed by atoms with Gasteiger partial charge >= 0.3 is 13.3 Å². The van der Waals surface area contributed by atoms with Crippen molar-refractivity contribution in [2.24, 2.45) is 0 Å². The number of alkyl halides is 3. The lowest BCUT2D eigenvalue weighted by Gasteiger charge is -2.09. The van der Waals surface area contributed by atoms with Crippen molar-refractivity contribution in [3.05, 3.63) is 24.0 Å². The summed E-state index contributed by atoms with van der Waals surface area (Å²) >= 11 is 0. The SMILES string of the molecule is OB(O)c1ccc(OCCCC(F)(F)F)cc1F. The third kappa shape index (κ3) is 4.93. The van der Waals surface area contributed by atoms with Crippen LogP contribution >= 0.6 is 0 Å². The molecule has 0 amide bonds. The standard InChI is InChI=1S/C10H11BF4O3/c12-9-6-7(2-3-8(9)11(16)17)18-5-1-4-10(13,14)15/h2-3,6,16-17H,1,4-5H2. The molecule has 18 heavy (non-hydrogen) atoms. The van der Waals surface area contributed by atoms with Gasteiger partial charge in [-0.05, 0) is 12.5 Å². The second-order valence-corrected chi connectivity index (χ2v) is 3.62. The van der Waals surface area contributed by atoms with Crippen LogP contribution in [0.25, 0.3) is 0 Å². The Morgan fingerprint density at radius 1 is 1.22 bits per heavy atom. The number of hydrogen-bond donors (Lipinski definition) is 2. The molecule has 1 aromatic carbocycles. The number of ether oxygens (including phenoxy) is 1. The van der Waals surface area contributed by atoms with Crippen molar-refractivity contribution in [2.45, 2.75) is 19.0 Å². The fraction of sp³-hybridized carbons (Fsp3) is 0.400. The third-order valence-electron chi connectivity index (χ3n) is 2.12. The van der Waals surface area contributed by atoms with E-state index in [0.717, 1.165) is 12.1 Å². The molecular formula is C10H11BF4O3. The predicted octanol–water partition coefficient (Wildman–Crippen LogP) is 1.23. The number of halogens is 4. The first-order valence-corrected chi connectivity index (χ1v) is 5.15. The summed E-state index contributed by atoms with van der Waals surface area (Å²) in [5.74, 6) is -0.850. The first kappa shape index (κ1) is 14.8. The van der Waals surface area contributed by atoms with Crippen molar-refractivity contribution in [1.82, 2.24) is 0 Å². The minimum absolute atomic E-state index is 0.0408. The Morgan fingerprint density at radius 2 is 1.89 bits per heavy atom. The zero-order valence-corrected chi connectivity index (χ0v) is 9.25. The zero-order chi connectivity index (χ0) is 13.8. The van der Waals surface area contributed by atoms with Crippen LogP contribution < -0.4 is 10.2 Å². The van der Waals surface area contributed by atoms with E-state index in [9.17, 15) is 17.6 Å². The van der Waals surface area contributed by atoms with Crippen LogP contribution in [0.5, 0.6) is 5.75 Å². The van der Waals surface area contributed by atoms with Gasteiger partial charge in [-0.25, -0.2) is 4.39 Å². The average molecular weight is 266 g/mol. The molecule has 1 rings (SSSR count). The van der Waals surface area contributed by atoms with Gasteiger partial charge in [-0.2, -0.15) is 13.2 Å². The van der Waals surface area contributed by atoms with Gasteiger partial charge in [-0.1, -0.05) is 6.07 Å². The molecule has 3 nitrogen and oxygen atoms in total. The summed E-state index contributed by atoms with van der Waals surface area (Å²) in [6.45, 7) is -0.194. The average Bonchev–Trinajstić information content (AvgIpc) is 2.22. The molecule has 0 atom stereocenters. The quantitative estimate of drug-likeness (QED) is 0.478. The molecule has 1 aromatic rings. The first-order valence-electron chi connectivity index (χ1n) is 5.15. The van der Waals surface area contributed by atoms with Crippen LogP contribution in [0.15, 0.2) is 18.2 Å². The highest BCUT2D eigenvalue weighted by atomic mass is 19.4. The van der Waals surface area contributed by atoms with Crippen molar-refractivity contribution in [2.75, 3.05) is 6.61 Å². The Kier molecular flexibility index (Phi) is 4.98. The van der Waals surface area contributed by atoms with Crippen LogP contribution in [0.1, 0.15) is 12.8 Å². The third-order valence-corrected chi connectivity index (χ3v) is 2.12. The van der Waals surface area contributed by atoms with E-state index in [1.165, 1.54) is 6.07 Å². The fourth-order valence-corrected chi connectivity index (χ4v) is 1.27. The molecule has 0 spiro atoms. The smallest absolute Gasteiger partial charge is 0.491 e. The maximum atomic E-state index is 13.2. The van der Waals surface area contributed by atoms with Gasteiger partial charge in [0.05, 0.1) is 6.61 Å². The van der Waals surface area contributed by atoms with Crippen LogP contribution in [0.3, 0.4) is 0 Å². The van der Waals surface area contributed by atoms with Gasteiger partial charge in [-0.15, -0.1) is 0 Å². The lowest BCUT2D eigenvalue weighted by molar-refractivity contribution is -0.136. The Balaban J connectivity index is 2.47. The molecular weight excluding hydrogens is 255 g/mol. The van der Waals surface area contributed by atoms with Gasteiger partial charge in [0.2, 0.25) is 0 Å². The Labute approximate surface area is 101 Å². The summed E-state index contributed by atoms with van der Waals surface area (Å²) in [4.78, 5) is 0. The summed E-state index contributed by atoms with van der Waals surface area (Å²) in [7, 11) is -1.94. The normalized spacial score (nSPS) is 11.4. The second-order valence-electron chi connectivity index (χ2n) is 3.62. The lowest BCUT2D eigenvalue weighted by atomic mass is 9.80. The fourth-order valence-electron chi connectivity index (χ4n) is 1.27. The van der Waals surface area contributed by atoms with Crippen molar-refractivity contribution in [3.8, 4) is 5.75 Å². The summed E-state index contributed by atoms with van der Waals surface area (Å²) in [5.41, 5.74) is -0.322. The molecule has 2 N–H and O–H groups in total. The van der Waals surface area contributed by atoms with E-state index < -0.39 is 25.5 Å².